The van der Waals surface area contributed by atoms with E-state index in [1.165, 1.54) is 32.1 Å². The van der Waals surface area contributed by atoms with Gasteiger partial charge in [0.25, 0.3) is 0 Å². The minimum atomic E-state index is 0.0354. The zero-order valence-corrected chi connectivity index (χ0v) is 12.1. The summed E-state index contributed by atoms with van der Waals surface area (Å²) < 4.78 is 6.05. The highest BCUT2D eigenvalue weighted by atomic mass is 16.5. The monoisotopic (exact) mass is 262 g/mol. The van der Waals surface area contributed by atoms with Gasteiger partial charge in [0.05, 0.1) is 18.0 Å². The zero-order chi connectivity index (χ0) is 13.7. The van der Waals surface area contributed by atoms with E-state index in [1.54, 1.807) is 0 Å². The molecule has 1 heterocycles. The lowest BCUT2D eigenvalue weighted by Crippen LogP contribution is -2.25. The van der Waals surface area contributed by atoms with Crippen molar-refractivity contribution in [3.8, 4) is 5.75 Å². The van der Waals surface area contributed by atoms with Crippen LogP contribution in [0.3, 0.4) is 0 Å². The van der Waals surface area contributed by atoms with Gasteiger partial charge in [-0.15, -0.1) is 0 Å². The third kappa shape index (κ3) is 3.93. The average Bonchev–Trinajstić information content (AvgIpc) is 2.47. The number of nitrogens with zero attached hydrogens (tertiary/aromatic N) is 1. The van der Waals surface area contributed by atoms with Crippen LogP contribution in [0.1, 0.15) is 64.1 Å². The number of nitrogens with two attached hydrogens (primary N) is 1. The Balaban J connectivity index is 1.92. The van der Waals surface area contributed by atoms with Gasteiger partial charge < -0.3 is 10.5 Å². The molecule has 0 radical (unpaired) electrons. The molecule has 3 nitrogen and oxygen atoms in total. The van der Waals surface area contributed by atoms with E-state index in [2.05, 4.69) is 18.8 Å². The van der Waals surface area contributed by atoms with Gasteiger partial charge in [0.2, 0.25) is 0 Å². The summed E-state index contributed by atoms with van der Waals surface area (Å²) in [4.78, 5) is 4.40. The summed E-state index contributed by atoms with van der Waals surface area (Å²) in [5.41, 5.74) is 6.91. The molecule has 2 N–H and O–H groups in total. The maximum atomic E-state index is 6.05. The summed E-state index contributed by atoms with van der Waals surface area (Å²) in [5, 5.41) is 0. The van der Waals surface area contributed by atoms with Gasteiger partial charge in [-0.2, -0.15) is 0 Å². The summed E-state index contributed by atoms with van der Waals surface area (Å²) in [7, 11) is 0. The van der Waals surface area contributed by atoms with Crippen molar-refractivity contribution >= 4 is 0 Å². The lowest BCUT2D eigenvalue weighted by molar-refractivity contribution is 0.121. The van der Waals surface area contributed by atoms with Crippen LogP contribution in [0.2, 0.25) is 0 Å². The maximum Gasteiger partial charge on any atom is 0.138 e. The van der Waals surface area contributed by atoms with Gasteiger partial charge in [0.15, 0.2) is 0 Å². The highest BCUT2D eigenvalue weighted by molar-refractivity contribution is 5.21. The minimum absolute atomic E-state index is 0.0354. The standard InChI is InChI=1S/C16H26N2O/c1-3-12-6-5-7-13(10-12)19-14-8-9-16(18-11-14)15(17)4-2/h8-9,11-13,15H,3-7,10,17H2,1-2H3/t12?,13?,15-/m1/s1. The second kappa shape index (κ2) is 6.90. The summed E-state index contributed by atoms with van der Waals surface area (Å²) >= 11 is 0. The van der Waals surface area contributed by atoms with Crippen LogP contribution in [-0.2, 0) is 0 Å². The first-order valence-corrected chi connectivity index (χ1v) is 7.61. The quantitative estimate of drug-likeness (QED) is 0.877. The van der Waals surface area contributed by atoms with Crippen LogP contribution >= 0.6 is 0 Å². The smallest absolute Gasteiger partial charge is 0.138 e. The molecule has 2 unspecified atom stereocenters. The largest absolute Gasteiger partial charge is 0.489 e. The Morgan fingerprint density at radius 3 is 2.84 bits per heavy atom. The molecule has 0 saturated heterocycles. The molecular formula is C16H26N2O. The van der Waals surface area contributed by atoms with E-state index in [0.29, 0.717) is 6.10 Å². The Morgan fingerprint density at radius 1 is 1.37 bits per heavy atom. The molecule has 3 heteroatoms. The summed E-state index contributed by atoms with van der Waals surface area (Å²) in [6, 6.07) is 4.03. The molecule has 1 aromatic heterocycles. The topological polar surface area (TPSA) is 48.1 Å². The molecule has 106 valence electrons. The lowest BCUT2D eigenvalue weighted by atomic mass is 9.85. The number of rotatable bonds is 5. The fourth-order valence-corrected chi connectivity index (χ4v) is 2.80. The van der Waals surface area contributed by atoms with Crippen molar-refractivity contribution in [2.24, 2.45) is 11.7 Å². The second-order valence-corrected chi connectivity index (χ2v) is 5.61. The predicted octanol–water partition coefficient (Wildman–Crippen LogP) is 3.84. The second-order valence-electron chi connectivity index (χ2n) is 5.61. The van der Waals surface area contributed by atoms with E-state index in [9.17, 15) is 0 Å². The first-order chi connectivity index (χ1) is 9.22. The van der Waals surface area contributed by atoms with Crippen molar-refractivity contribution in [2.75, 3.05) is 0 Å². The van der Waals surface area contributed by atoms with Crippen LogP contribution in [0.5, 0.6) is 5.75 Å². The molecule has 3 atom stereocenters. The van der Waals surface area contributed by atoms with Crippen molar-refractivity contribution in [3.05, 3.63) is 24.0 Å². The lowest BCUT2D eigenvalue weighted by Gasteiger charge is -2.28. The Bertz CT molecular complexity index is 377. The van der Waals surface area contributed by atoms with Gasteiger partial charge >= 0.3 is 0 Å². The minimum Gasteiger partial charge on any atom is -0.489 e. The van der Waals surface area contributed by atoms with Gasteiger partial charge in [-0.1, -0.05) is 26.7 Å². The first-order valence-electron chi connectivity index (χ1n) is 7.61. The number of ether oxygens (including phenoxy) is 1. The fourth-order valence-electron chi connectivity index (χ4n) is 2.80. The van der Waals surface area contributed by atoms with Crippen LogP contribution in [0.4, 0.5) is 0 Å². The summed E-state index contributed by atoms with van der Waals surface area (Å²) in [6.07, 6.45) is 9.37. The molecule has 0 spiro atoms. The molecule has 0 amide bonds. The van der Waals surface area contributed by atoms with Crippen molar-refractivity contribution in [1.82, 2.24) is 4.98 Å². The van der Waals surface area contributed by atoms with Gasteiger partial charge in [0, 0.05) is 6.04 Å². The molecule has 0 aromatic carbocycles. The SMILES string of the molecule is CCC1CCCC(Oc2ccc([C@H](N)CC)nc2)C1. The highest BCUT2D eigenvalue weighted by Crippen LogP contribution is 2.29. The number of hydrogen-bond donors (Lipinski definition) is 1. The predicted molar refractivity (Wildman–Crippen MR) is 78.1 cm³/mol. The molecule has 1 fully saturated rings. The van der Waals surface area contributed by atoms with E-state index in [1.807, 2.05) is 18.3 Å². The number of pyridine rings is 1. The Labute approximate surface area is 116 Å². The van der Waals surface area contributed by atoms with E-state index >= 15 is 0 Å². The molecule has 1 aliphatic rings. The molecule has 2 rings (SSSR count). The highest BCUT2D eigenvalue weighted by Gasteiger charge is 2.22. The Hall–Kier alpha value is -1.09. The van der Waals surface area contributed by atoms with Crippen LogP contribution in [0.15, 0.2) is 18.3 Å². The van der Waals surface area contributed by atoms with E-state index in [4.69, 9.17) is 10.5 Å². The molecule has 1 saturated carbocycles. The zero-order valence-electron chi connectivity index (χ0n) is 12.1. The van der Waals surface area contributed by atoms with Gasteiger partial charge in [-0.25, -0.2) is 0 Å². The number of aromatic nitrogens is 1. The van der Waals surface area contributed by atoms with Gasteiger partial charge in [0.1, 0.15) is 5.75 Å². The Morgan fingerprint density at radius 2 is 2.21 bits per heavy atom. The van der Waals surface area contributed by atoms with Crippen molar-refractivity contribution in [2.45, 2.75) is 64.5 Å². The third-order valence-corrected chi connectivity index (χ3v) is 4.19. The molecule has 0 aliphatic heterocycles. The van der Waals surface area contributed by atoms with Crippen molar-refractivity contribution in [3.63, 3.8) is 0 Å². The molecule has 1 aliphatic carbocycles. The Kier molecular flexibility index (Phi) is 5.20. The molecular weight excluding hydrogens is 236 g/mol. The first kappa shape index (κ1) is 14.3. The van der Waals surface area contributed by atoms with Crippen molar-refractivity contribution < 1.29 is 4.74 Å². The van der Waals surface area contributed by atoms with Gasteiger partial charge in [-0.05, 0) is 43.7 Å². The maximum absolute atomic E-state index is 6.05. The molecule has 1 aromatic rings. The van der Waals surface area contributed by atoms with Crippen LogP contribution in [0, 0.1) is 5.92 Å². The van der Waals surface area contributed by atoms with Crippen LogP contribution in [-0.4, -0.2) is 11.1 Å². The third-order valence-electron chi connectivity index (χ3n) is 4.19. The summed E-state index contributed by atoms with van der Waals surface area (Å²) in [6.45, 7) is 4.35. The fraction of sp³-hybridized carbons (Fsp3) is 0.688. The van der Waals surface area contributed by atoms with Crippen LogP contribution < -0.4 is 10.5 Å². The van der Waals surface area contributed by atoms with Crippen molar-refractivity contribution in [1.29, 1.82) is 0 Å². The van der Waals surface area contributed by atoms with E-state index in [0.717, 1.165) is 23.8 Å². The van der Waals surface area contributed by atoms with E-state index < -0.39 is 0 Å². The normalized spacial score (nSPS) is 25.0. The van der Waals surface area contributed by atoms with Gasteiger partial charge in [-0.3, -0.25) is 4.98 Å². The summed E-state index contributed by atoms with van der Waals surface area (Å²) in [5.74, 6) is 1.72. The molecule has 19 heavy (non-hydrogen) atoms. The number of hydrogen-bond acceptors (Lipinski definition) is 3. The molecule has 0 bridgehead atoms. The average molecular weight is 262 g/mol. The van der Waals surface area contributed by atoms with E-state index in [-0.39, 0.29) is 6.04 Å². The van der Waals surface area contributed by atoms with Crippen LogP contribution in [0.25, 0.3) is 0 Å².